The zero-order chi connectivity index (χ0) is 21.2. The summed E-state index contributed by atoms with van der Waals surface area (Å²) in [5, 5.41) is 0. The highest BCUT2D eigenvalue weighted by Crippen LogP contribution is 2.66. The second-order valence-corrected chi connectivity index (χ2v) is 9.12. The lowest BCUT2D eigenvalue weighted by Gasteiger charge is -2.55. The molecule has 0 saturated heterocycles. The van der Waals surface area contributed by atoms with Crippen molar-refractivity contribution in [1.82, 2.24) is 0 Å². The van der Waals surface area contributed by atoms with Crippen molar-refractivity contribution in [3.63, 3.8) is 0 Å². The van der Waals surface area contributed by atoms with E-state index in [0.29, 0.717) is 12.8 Å². The Morgan fingerprint density at radius 3 is 2.55 bits per heavy atom. The Balaban J connectivity index is 1.70. The van der Waals surface area contributed by atoms with Gasteiger partial charge in [-0.25, -0.2) is 4.79 Å². The Morgan fingerprint density at radius 2 is 1.90 bits per heavy atom. The first-order valence-electron chi connectivity index (χ1n) is 9.88. The van der Waals surface area contributed by atoms with Crippen molar-refractivity contribution in [2.75, 3.05) is 0 Å². The molecule has 0 radical (unpaired) electrons. The van der Waals surface area contributed by atoms with E-state index in [1.54, 1.807) is 12.2 Å². The largest absolute Gasteiger partial charge is 0.490 e. The highest BCUT2D eigenvalue weighted by atomic mass is 19.4. The van der Waals surface area contributed by atoms with Crippen LogP contribution >= 0.6 is 0 Å². The highest BCUT2D eigenvalue weighted by Gasteiger charge is 2.66. The maximum atomic E-state index is 12.9. The Hall–Kier alpha value is -2.29. The normalized spacial score (nSPS) is 43.0. The maximum Gasteiger partial charge on any atom is 0.490 e. The van der Waals surface area contributed by atoms with Crippen molar-refractivity contribution in [2.24, 2.45) is 28.6 Å². The molecule has 29 heavy (non-hydrogen) atoms. The Morgan fingerprint density at radius 1 is 1.21 bits per heavy atom. The van der Waals surface area contributed by atoms with E-state index in [-0.39, 0.29) is 35.4 Å². The molecule has 6 atom stereocenters. The third-order valence-electron chi connectivity index (χ3n) is 7.97. The number of rotatable bonds is 1. The molecule has 0 aromatic carbocycles. The van der Waals surface area contributed by atoms with Gasteiger partial charge in [-0.05, 0) is 61.2 Å². The third kappa shape index (κ3) is 2.66. The van der Waals surface area contributed by atoms with E-state index in [1.165, 1.54) is 0 Å². The van der Waals surface area contributed by atoms with Crippen molar-refractivity contribution in [1.29, 1.82) is 0 Å². The van der Waals surface area contributed by atoms with Gasteiger partial charge in [0, 0.05) is 10.8 Å². The van der Waals surface area contributed by atoms with Gasteiger partial charge in [0.25, 0.3) is 0 Å². The van der Waals surface area contributed by atoms with Crippen molar-refractivity contribution in [3.05, 3.63) is 36.0 Å². The average Bonchev–Trinajstić information content (AvgIpc) is 2.94. The molecule has 4 aliphatic rings. The number of fused-ring (bicyclic) bond motifs is 5. The van der Waals surface area contributed by atoms with Crippen LogP contribution in [0.15, 0.2) is 36.0 Å². The number of esters is 1. The summed E-state index contributed by atoms with van der Waals surface area (Å²) >= 11 is 0. The van der Waals surface area contributed by atoms with E-state index in [1.807, 2.05) is 19.1 Å². The second-order valence-electron chi connectivity index (χ2n) is 9.12. The number of ketones is 1. The molecular weight excluding hydrogens is 381 g/mol. The molecule has 3 nitrogen and oxygen atoms in total. The smallest absolute Gasteiger partial charge is 0.439 e. The molecule has 0 heterocycles. The van der Waals surface area contributed by atoms with E-state index in [0.717, 1.165) is 12.0 Å². The minimum absolute atomic E-state index is 0.000938. The summed E-state index contributed by atoms with van der Waals surface area (Å²) < 4.78 is 43.7. The highest BCUT2D eigenvalue weighted by molar-refractivity contribution is 6.01. The topological polar surface area (TPSA) is 43.4 Å². The summed E-state index contributed by atoms with van der Waals surface area (Å²) in [5.74, 6) is 0.504. The third-order valence-corrected chi connectivity index (χ3v) is 7.97. The predicted molar refractivity (Wildman–Crippen MR) is 100 cm³/mol. The summed E-state index contributed by atoms with van der Waals surface area (Å²) in [5.41, 5.74) is -1.61. The van der Waals surface area contributed by atoms with Crippen LogP contribution in [0.25, 0.3) is 0 Å². The number of ether oxygens (including phenoxy) is 1. The zero-order valence-electron chi connectivity index (χ0n) is 16.4. The lowest BCUT2D eigenvalue weighted by molar-refractivity contribution is -0.219. The second kappa shape index (κ2) is 6.10. The van der Waals surface area contributed by atoms with Crippen LogP contribution in [0, 0.1) is 40.9 Å². The summed E-state index contributed by atoms with van der Waals surface area (Å²) in [6.07, 6.45) is 12.0. The first-order valence-corrected chi connectivity index (χ1v) is 9.88. The molecule has 0 bridgehead atoms. The maximum absolute atomic E-state index is 12.9. The zero-order valence-corrected chi connectivity index (χ0v) is 16.4. The van der Waals surface area contributed by atoms with E-state index in [2.05, 4.69) is 18.9 Å². The van der Waals surface area contributed by atoms with Gasteiger partial charge in [0.1, 0.15) is 0 Å². The van der Waals surface area contributed by atoms with Crippen LogP contribution in [-0.2, 0) is 14.3 Å². The van der Waals surface area contributed by atoms with Gasteiger partial charge in [-0.3, -0.25) is 4.79 Å². The number of hydrogen-bond acceptors (Lipinski definition) is 3. The standard InChI is InChI=1S/C23H23F3O3/c1-4-22(29-19(28)23(24,25)26)12-9-18-16-6-5-14-13-15(27)7-10-20(14,2)17(16)8-11-21(18,22)3/h1,5-7,10,13,16-18H,8-9,11-12H2,2-3H3/t16-,17+,18+,20+,21+,22+/m1/s1. The molecule has 4 rings (SSSR count). The van der Waals surface area contributed by atoms with Crippen LogP contribution in [-0.4, -0.2) is 23.5 Å². The molecule has 2 saturated carbocycles. The summed E-state index contributed by atoms with van der Waals surface area (Å²) in [4.78, 5) is 23.5. The van der Waals surface area contributed by atoms with Gasteiger partial charge in [-0.1, -0.05) is 38.0 Å². The van der Waals surface area contributed by atoms with Crippen molar-refractivity contribution >= 4 is 11.8 Å². The Bertz CT molecular complexity index is 905. The molecule has 4 aliphatic carbocycles. The predicted octanol–water partition coefficient (Wildman–Crippen LogP) is 4.55. The van der Waals surface area contributed by atoms with Gasteiger partial charge >= 0.3 is 12.1 Å². The van der Waals surface area contributed by atoms with E-state index in [9.17, 15) is 22.8 Å². The molecule has 154 valence electrons. The van der Waals surface area contributed by atoms with E-state index in [4.69, 9.17) is 11.2 Å². The number of carbonyl (C=O) groups is 2. The number of allylic oxidation sites excluding steroid dienone is 6. The lowest BCUT2D eigenvalue weighted by atomic mass is 9.49. The molecule has 0 amide bonds. The lowest BCUT2D eigenvalue weighted by Crippen LogP contribution is -2.55. The molecule has 0 aromatic heterocycles. The van der Waals surface area contributed by atoms with Gasteiger partial charge < -0.3 is 4.74 Å². The molecule has 6 heteroatoms. The fourth-order valence-electron chi connectivity index (χ4n) is 6.30. The molecular formula is C23H23F3O3. The minimum Gasteiger partial charge on any atom is -0.439 e. The van der Waals surface area contributed by atoms with Gasteiger partial charge in [-0.2, -0.15) is 13.2 Å². The van der Waals surface area contributed by atoms with Crippen LogP contribution in [0.5, 0.6) is 0 Å². The van der Waals surface area contributed by atoms with Crippen molar-refractivity contribution < 1.29 is 27.5 Å². The van der Waals surface area contributed by atoms with Crippen LogP contribution in [0.4, 0.5) is 13.2 Å². The molecule has 0 aliphatic heterocycles. The number of alkyl halides is 3. The van der Waals surface area contributed by atoms with Gasteiger partial charge in [0.05, 0.1) is 0 Å². The molecule has 0 spiro atoms. The molecule has 0 N–H and O–H groups in total. The van der Waals surface area contributed by atoms with Gasteiger partial charge in [0.2, 0.25) is 0 Å². The van der Waals surface area contributed by atoms with Crippen LogP contribution in [0.3, 0.4) is 0 Å². The van der Waals surface area contributed by atoms with Crippen LogP contribution in [0.1, 0.15) is 39.5 Å². The van der Waals surface area contributed by atoms with Gasteiger partial charge in [-0.15, -0.1) is 6.42 Å². The molecule has 0 unspecified atom stereocenters. The van der Waals surface area contributed by atoms with E-state index >= 15 is 0 Å². The fraction of sp³-hybridized carbons (Fsp3) is 0.565. The van der Waals surface area contributed by atoms with Crippen LogP contribution < -0.4 is 0 Å². The first-order chi connectivity index (χ1) is 13.5. The van der Waals surface area contributed by atoms with Crippen LogP contribution in [0.2, 0.25) is 0 Å². The Kier molecular flexibility index (Phi) is 4.21. The number of terminal acetylenes is 1. The Labute approximate surface area is 168 Å². The monoisotopic (exact) mass is 404 g/mol. The summed E-state index contributed by atoms with van der Waals surface area (Å²) in [7, 11) is 0. The first kappa shape index (κ1) is 20.0. The summed E-state index contributed by atoms with van der Waals surface area (Å²) in [6, 6.07) is 0. The average molecular weight is 404 g/mol. The number of halogens is 3. The quantitative estimate of drug-likeness (QED) is 0.476. The number of carbonyl (C=O) groups excluding carboxylic acids is 2. The minimum atomic E-state index is -5.08. The van der Waals surface area contributed by atoms with Gasteiger partial charge in [0.15, 0.2) is 11.4 Å². The fourth-order valence-corrected chi connectivity index (χ4v) is 6.30. The van der Waals surface area contributed by atoms with E-state index < -0.39 is 23.2 Å². The molecule has 2 fully saturated rings. The SMILES string of the molecule is C#C[C@]1(OC(=O)C(F)(F)F)CC[C@H]2[C@@H]3C=CC4=CC(=O)C=C[C@]4(C)[C@H]3CC[C@@]21C. The number of hydrogen-bond donors (Lipinski definition) is 0. The summed E-state index contributed by atoms with van der Waals surface area (Å²) in [6.45, 7) is 3.98. The van der Waals surface area contributed by atoms with Crippen molar-refractivity contribution in [2.45, 2.75) is 51.3 Å². The van der Waals surface area contributed by atoms with Crippen molar-refractivity contribution in [3.8, 4) is 12.3 Å². The molecule has 0 aromatic rings.